The van der Waals surface area contributed by atoms with Crippen LogP contribution in [0.1, 0.15) is 31.1 Å². The molecule has 0 saturated carbocycles. The van der Waals surface area contributed by atoms with Gasteiger partial charge in [0.1, 0.15) is 18.5 Å². The fourth-order valence-electron chi connectivity index (χ4n) is 4.11. The van der Waals surface area contributed by atoms with E-state index in [4.69, 9.17) is 14.3 Å². The predicted molar refractivity (Wildman–Crippen MR) is 140 cm³/mol. The third-order valence-electron chi connectivity index (χ3n) is 6.04. The van der Waals surface area contributed by atoms with E-state index in [1.54, 1.807) is 32.9 Å². The van der Waals surface area contributed by atoms with Crippen LogP contribution < -0.4 is 15.4 Å². The molecule has 2 heterocycles. The lowest BCUT2D eigenvalue weighted by atomic mass is 10.0. The summed E-state index contributed by atoms with van der Waals surface area (Å²) in [4.78, 5) is 19.2. The van der Waals surface area contributed by atoms with E-state index in [9.17, 15) is 18.7 Å². The third-order valence-corrected chi connectivity index (χ3v) is 6.04. The van der Waals surface area contributed by atoms with Crippen molar-refractivity contribution < 1.29 is 33.0 Å². The monoisotopic (exact) mass is 545 g/mol. The number of nitrogens with zero attached hydrogens (tertiary/aromatic N) is 3. The highest BCUT2D eigenvalue weighted by atomic mass is 19.2. The molecule has 3 aromatic rings. The number of aliphatic hydroxyl groups is 1. The predicted octanol–water partition coefficient (Wildman–Crippen LogP) is 3.73. The van der Waals surface area contributed by atoms with Gasteiger partial charge in [0.15, 0.2) is 11.6 Å². The largest absolute Gasteiger partial charge is 0.473 e. The minimum Gasteiger partial charge on any atom is -0.473 e. The molecular weight excluding hydrogens is 512 g/mol. The molecule has 1 aliphatic heterocycles. The molecule has 2 amide bonds. The van der Waals surface area contributed by atoms with E-state index in [1.807, 2.05) is 30.3 Å². The minimum absolute atomic E-state index is 0.00207. The van der Waals surface area contributed by atoms with Crippen LogP contribution in [0, 0.1) is 18.6 Å². The number of hydroxylamine groups is 2. The molecule has 0 spiro atoms. The molecule has 2 atom stereocenters. The molecule has 2 aromatic carbocycles. The zero-order valence-corrected chi connectivity index (χ0v) is 22.3. The van der Waals surface area contributed by atoms with Crippen LogP contribution in [0.3, 0.4) is 0 Å². The Bertz CT molecular complexity index is 1280. The van der Waals surface area contributed by atoms with Crippen LogP contribution >= 0.6 is 0 Å². The van der Waals surface area contributed by atoms with Crippen molar-refractivity contribution in [1.29, 1.82) is 0 Å². The van der Waals surface area contributed by atoms with Crippen molar-refractivity contribution in [2.24, 2.45) is 0 Å². The van der Waals surface area contributed by atoms with Gasteiger partial charge in [0.25, 0.3) is 0 Å². The van der Waals surface area contributed by atoms with E-state index < -0.39 is 35.4 Å². The summed E-state index contributed by atoms with van der Waals surface area (Å²) in [5.74, 6) is -1.35. The number of rotatable bonds is 10. The number of amides is 2. The molecule has 10 nitrogen and oxygen atoms in total. The number of para-hydroxylation sites is 1. The number of benzene rings is 2. The summed E-state index contributed by atoms with van der Waals surface area (Å²) in [5, 5.41) is 22.0. The number of aromatic nitrogens is 2. The Kier molecular flexibility index (Phi) is 8.80. The molecule has 1 aromatic heterocycles. The Balaban J connectivity index is 1.57. The number of ether oxygens (including phenoxy) is 2. The first kappa shape index (κ1) is 28.4. The average molecular weight is 546 g/mol. The summed E-state index contributed by atoms with van der Waals surface area (Å²) >= 11 is 0. The van der Waals surface area contributed by atoms with Gasteiger partial charge in [-0.05, 0) is 50.6 Å². The Morgan fingerprint density at radius 2 is 1.95 bits per heavy atom. The van der Waals surface area contributed by atoms with Gasteiger partial charge in [-0.15, -0.1) is 5.10 Å². The van der Waals surface area contributed by atoms with Gasteiger partial charge in [-0.25, -0.2) is 18.3 Å². The van der Waals surface area contributed by atoms with Gasteiger partial charge in [-0.3, -0.25) is 10.2 Å². The number of methoxy groups -OCH3 is 1. The molecule has 12 heteroatoms. The number of carbonyl (C=O) groups excluding carboxylic acids is 1. The lowest BCUT2D eigenvalue weighted by molar-refractivity contribution is -0.154. The van der Waals surface area contributed by atoms with Crippen LogP contribution in [0.25, 0.3) is 5.69 Å². The van der Waals surface area contributed by atoms with E-state index in [-0.39, 0.29) is 19.0 Å². The second-order valence-corrected chi connectivity index (χ2v) is 9.91. The number of halogens is 2. The second-order valence-electron chi connectivity index (χ2n) is 9.91. The maximum atomic E-state index is 14.0. The lowest BCUT2D eigenvalue weighted by Crippen LogP contribution is -2.42. The summed E-state index contributed by atoms with van der Waals surface area (Å²) in [6.07, 6.45) is -0.756. The topological polar surface area (TPSA) is 110 Å². The van der Waals surface area contributed by atoms with Gasteiger partial charge in [-0.2, -0.15) is 5.06 Å². The van der Waals surface area contributed by atoms with Gasteiger partial charge in [0.2, 0.25) is 5.88 Å². The molecule has 39 heavy (non-hydrogen) atoms. The van der Waals surface area contributed by atoms with Gasteiger partial charge in [0.05, 0.1) is 29.5 Å². The average Bonchev–Trinajstić information content (AvgIpc) is 3.43. The Morgan fingerprint density at radius 3 is 2.62 bits per heavy atom. The second kappa shape index (κ2) is 12.1. The number of hydrogen-bond donors (Lipinski definition) is 3. The molecule has 0 radical (unpaired) electrons. The van der Waals surface area contributed by atoms with Crippen LogP contribution in [0.4, 0.5) is 19.4 Å². The molecule has 1 saturated heterocycles. The zero-order valence-electron chi connectivity index (χ0n) is 22.3. The molecule has 210 valence electrons. The summed E-state index contributed by atoms with van der Waals surface area (Å²) in [7, 11) is 1.56. The van der Waals surface area contributed by atoms with Crippen molar-refractivity contribution in [3.63, 3.8) is 0 Å². The molecule has 1 fully saturated rings. The van der Waals surface area contributed by atoms with Crippen LogP contribution in [-0.4, -0.2) is 71.0 Å². The first-order valence-corrected chi connectivity index (χ1v) is 12.5. The molecule has 0 aliphatic carbocycles. The van der Waals surface area contributed by atoms with Crippen molar-refractivity contribution in [2.75, 3.05) is 38.7 Å². The maximum absolute atomic E-state index is 14.0. The van der Waals surface area contributed by atoms with Crippen molar-refractivity contribution in [1.82, 2.24) is 20.2 Å². The standard InChI is InChI=1S/C27H33F2N5O5/c1-17-24(34(19-8-6-5-7-9-19)32-25(17)38-16-27(2,3)36)31-26(35)30-22-15-33(12-13-37-4)39-23(22)18-10-11-20(28)21(29)14-18/h5-11,14,22-23,36H,12-13,15-16H2,1-4H3,(H2,30,31,35)/t22-,23+/m1/s1. The van der Waals surface area contributed by atoms with Gasteiger partial charge in [0, 0.05) is 20.2 Å². The zero-order chi connectivity index (χ0) is 28.2. The summed E-state index contributed by atoms with van der Waals surface area (Å²) < 4.78 is 40.0. The maximum Gasteiger partial charge on any atom is 0.320 e. The highest BCUT2D eigenvalue weighted by Crippen LogP contribution is 2.32. The number of carbonyl (C=O) groups is 1. The number of anilines is 1. The first-order valence-electron chi connectivity index (χ1n) is 12.5. The number of nitrogens with one attached hydrogen (secondary N) is 2. The Morgan fingerprint density at radius 1 is 1.21 bits per heavy atom. The van der Waals surface area contributed by atoms with E-state index in [1.165, 1.54) is 10.7 Å². The summed E-state index contributed by atoms with van der Waals surface area (Å²) in [6.45, 7) is 6.06. The van der Waals surface area contributed by atoms with E-state index in [0.717, 1.165) is 12.1 Å². The van der Waals surface area contributed by atoms with Gasteiger partial charge in [-0.1, -0.05) is 24.3 Å². The molecule has 4 rings (SSSR count). The summed E-state index contributed by atoms with van der Waals surface area (Å²) in [5.41, 5.74) is 0.537. The van der Waals surface area contributed by atoms with E-state index in [0.29, 0.717) is 35.8 Å². The van der Waals surface area contributed by atoms with Crippen molar-refractivity contribution in [3.05, 3.63) is 71.3 Å². The number of urea groups is 1. The smallest absolute Gasteiger partial charge is 0.320 e. The van der Waals surface area contributed by atoms with Crippen molar-refractivity contribution in [2.45, 2.75) is 38.5 Å². The van der Waals surface area contributed by atoms with E-state index >= 15 is 0 Å². The minimum atomic E-state index is -1.08. The van der Waals surface area contributed by atoms with Gasteiger partial charge >= 0.3 is 6.03 Å². The van der Waals surface area contributed by atoms with Crippen molar-refractivity contribution in [3.8, 4) is 11.6 Å². The quantitative estimate of drug-likeness (QED) is 0.356. The van der Waals surface area contributed by atoms with Crippen LogP contribution in [0.5, 0.6) is 5.88 Å². The van der Waals surface area contributed by atoms with Crippen molar-refractivity contribution >= 4 is 11.8 Å². The highest BCUT2D eigenvalue weighted by Gasteiger charge is 2.37. The summed E-state index contributed by atoms with van der Waals surface area (Å²) in [6, 6.07) is 11.6. The molecule has 0 unspecified atom stereocenters. The molecular formula is C27H33F2N5O5. The van der Waals surface area contributed by atoms with Gasteiger partial charge < -0.3 is 19.9 Å². The number of hydrogen-bond acceptors (Lipinski definition) is 7. The van der Waals surface area contributed by atoms with Crippen LogP contribution in [0.15, 0.2) is 48.5 Å². The van der Waals surface area contributed by atoms with E-state index in [2.05, 4.69) is 15.7 Å². The van der Waals surface area contributed by atoms with Crippen LogP contribution in [0.2, 0.25) is 0 Å². The molecule has 3 N–H and O–H groups in total. The highest BCUT2D eigenvalue weighted by molar-refractivity contribution is 5.90. The fourth-order valence-corrected chi connectivity index (χ4v) is 4.11. The molecule has 1 aliphatic rings. The Hall–Kier alpha value is -3.58. The fraction of sp³-hybridized carbons (Fsp3) is 0.407. The molecule has 0 bridgehead atoms. The normalized spacial score (nSPS) is 17.8. The lowest BCUT2D eigenvalue weighted by Gasteiger charge is -2.20. The third kappa shape index (κ3) is 7.09. The first-order chi connectivity index (χ1) is 18.6. The van der Waals surface area contributed by atoms with Crippen LogP contribution in [-0.2, 0) is 9.57 Å². The SMILES string of the molecule is COCCN1C[C@@H](NC(=O)Nc2c(C)c(OCC(C)(C)O)nn2-c2ccccc2)[C@H](c2ccc(F)c(F)c2)O1. The Labute approximate surface area is 225 Å².